The predicted molar refractivity (Wildman–Crippen MR) is 150 cm³/mol. The van der Waals surface area contributed by atoms with Gasteiger partial charge in [-0.25, -0.2) is 28.7 Å². The van der Waals surface area contributed by atoms with E-state index in [9.17, 15) is 9.18 Å². The van der Waals surface area contributed by atoms with E-state index >= 15 is 4.39 Å². The highest BCUT2D eigenvalue weighted by molar-refractivity contribution is 5.84. The summed E-state index contributed by atoms with van der Waals surface area (Å²) in [6.07, 6.45) is 2.72. The number of carbonyl (C=O) groups is 1. The van der Waals surface area contributed by atoms with Crippen molar-refractivity contribution in [1.29, 1.82) is 0 Å². The van der Waals surface area contributed by atoms with E-state index in [1.807, 2.05) is 31.4 Å². The van der Waals surface area contributed by atoms with Crippen LogP contribution in [0.25, 0.3) is 22.3 Å². The summed E-state index contributed by atoms with van der Waals surface area (Å²) in [6.45, 7) is 14.0. The number of carbonyl (C=O) groups excluding carboxylic acids is 1. The third kappa shape index (κ3) is 5.44. The number of Topliss-reactive ketones (excluding diaryl/α,β-unsaturated/α-hetero) is 1. The van der Waals surface area contributed by atoms with Crippen molar-refractivity contribution in [3.05, 3.63) is 59.7 Å². The average molecular weight is 549 g/mol. The highest BCUT2D eigenvalue weighted by Gasteiger charge is 2.28. The molecule has 0 unspecified atom stereocenters. The van der Waals surface area contributed by atoms with Gasteiger partial charge in [-0.3, -0.25) is 9.69 Å². The van der Waals surface area contributed by atoms with Gasteiger partial charge in [0.1, 0.15) is 22.9 Å². The van der Waals surface area contributed by atoms with Crippen molar-refractivity contribution >= 4 is 28.6 Å². The van der Waals surface area contributed by atoms with Crippen LogP contribution < -0.4 is 5.32 Å². The molecule has 3 aromatic heterocycles. The molecule has 1 atom stereocenters. The number of nitrogens with zero attached hydrogens (tertiary/aromatic N) is 7. The number of imidazole rings is 1. The molecule has 5 rings (SSSR count). The number of likely N-dealkylation sites (N-methyl/N-ethyl adjacent to an activating group) is 1. The molecular weight excluding hydrogens is 514 g/mol. The van der Waals surface area contributed by atoms with Crippen molar-refractivity contribution < 1.29 is 13.6 Å². The van der Waals surface area contributed by atoms with Crippen molar-refractivity contribution in [1.82, 2.24) is 34.3 Å². The van der Waals surface area contributed by atoms with Crippen molar-refractivity contribution in [2.75, 3.05) is 38.0 Å². The molecule has 1 fully saturated rings. The Labute approximate surface area is 232 Å². The number of piperazine rings is 1. The molecule has 9 nitrogen and oxygen atoms in total. The van der Waals surface area contributed by atoms with Crippen LogP contribution in [0.3, 0.4) is 0 Å². The molecule has 210 valence electrons. The van der Waals surface area contributed by atoms with Crippen LogP contribution in [0.2, 0.25) is 0 Å². The molecule has 1 saturated heterocycles. The second-order valence-corrected chi connectivity index (χ2v) is 10.4. The number of pyridine rings is 1. The maximum atomic E-state index is 15.0. The monoisotopic (exact) mass is 548 g/mol. The summed E-state index contributed by atoms with van der Waals surface area (Å²) < 4.78 is 31.8. The van der Waals surface area contributed by atoms with Gasteiger partial charge in [0.25, 0.3) is 0 Å². The van der Waals surface area contributed by atoms with Crippen LogP contribution in [0.15, 0.2) is 36.7 Å². The number of ketones is 1. The summed E-state index contributed by atoms with van der Waals surface area (Å²) in [7, 11) is 0. The van der Waals surface area contributed by atoms with Crippen LogP contribution in [0.5, 0.6) is 0 Å². The third-order valence-electron chi connectivity index (χ3n) is 7.41. The fraction of sp³-hybridized carbons (Fsp3) is 0.414. The highest BCUT2D eigenvalue weighted by atomic mass is 19.1. The van der Waals surface area contributed by atoms with Gasteiger partial charge in [-0.15, -0.1) is 0 Å². The Kier molecular flexibility index (Phi) is 7.86. The molecule has 4 heterocycles. The average Bonchev–Trinajstić information content (AvgIpc) is 3.27. The zero-order chi connectivity index (χ0) is 28.6. The molecular formula is C29H34F2N8O. The normalized spacial score (nSPS) is 15.6. The number of aromatic nitrogens is 5. The maximum absolute atomic E-state index is 15.0. The number of anilines is 2. The smallest absolute Gasteiger partial charge is 0.229 e. The van der Waals surface area contributed by atoms with Crippen molar-refractivity contribution in [3.63, 3.8) is 0 Å². The lowest BCUT2D eigenvalue weighted by Gasteiger charge is -2.38. The van der Waals surface area contributed by atoms with Crippen LogP contribution in [0.4, 0.5) is 20.5 Å². The van der Waals surface area contributed by atoms with E-state index in [-0.39, 0.29) is 40.6 Å². The minimum Gasteiger partial charge on any atom is -0.326 e. The van der Waals surface area contributed by atoms with E-state index in [0.717, 1.165) is 44.5 Å². The Morgan fingerprint density at radius 3 is 2.40 bits per heavy atom. The number of hydrogen-bond acceptors (Lipinski definition) is 8. The fourth-order valence-electron chi connectivity index (χ4n) is 5.48. The molecule has 0 radical (unpaired) electrons. The van der Waals surface area contributed by atoms with Crippen molar-refractivity contribution in [3.8, 4) is 11.3 Å². The molecule has 0 aliphatic carbocycles. The molecule has 1 aliphatic rings. The Hall–Kier alpha value is -3.83. The number of hydrogen-bond donors (Lipinski definition) is 1. The van der Waals surface area contributed by atoms with Gasteiger partial charge in [0.15, 0.2) is 17.4 Å². The van der Waals surface area contributed by atoms with Crippen LogP contribution in [-0.2, 0) is 4.79 Å². The molecule has 4 aromatic rings. The van der Waals surface area contributed by atoms with Gasteiger partial charge in [-0.05, 0) is 58.0 Å². The molecule has 0 amide bonds. The Morgan fingerprint density at radius 1 is 1.02 bits per heavy atom. The first-order valence-corrected chi connectivity index (χ1v) is 13.6. The van der Waals surface area contributed by atoms with Crippen LogP contribution in [0, 0.1) is 18.6 Å². The highest BCUT2D eigenvalue weighted by Crippen LogP contribution is 2.31. The van der Waals surface area contributed by atoms with Gasteiger partial charge in [-0.1, -0.05) is 13.0 Å². The molecule has 11 heteroatoms. The topological polar surface area (TPSA) is 92.1 Å². The number of benzene rings is 1. The van der Waals surface area contributed by atoms with Gasteiger partial charge in [0.2, 0.25) is 5.95 Å². The summed E-state index contributed by atoms with van der Waals surface area (Å²) >= 11 is 0. The zero-order valence-electron chi connectivity index (χ0n) is 23.4. The van der Waals surface area contributed by atoms with E-state index in [4.69, 9.17) is 0 Å². The summed E-state index contributed by atoms with van der Waals surface area (Å²) in [5, 5.41) is 3.00. The van der Waals surface area contributed by atoms with Crippen molar-refractivity contribution in [2.24, 2.45) is 0 Å². The van der Waals surface area contributed by atoms with Gasteiger partial charge >= 0.3 is 0 Å². The number of halogens is 2. The van der Waals surface area contributed by atoms with Gasteiger partial charge in [-0.2, -0.15) is 0 Å². The van der Waals surface area contributed by atoms with Crippen LogP contribution >= 0.6 is 0 Å². The molecule has 1 aromatic carbocycles. The van der Waals surface area contributed by atoms with Gasteiger partial charge in [0.05, 0.1) is 17.8 Å². The standard InChI is InChI=1S/C29H34F2N8O/c1-6-37-9-11-38(12-10-37)28(18(4)40)20-7-8-25(32-15-20)35-29-33-16-23(31)26(36-29)21-13-22(30)27-24(14-21)39(17(2)3)19(5)34-27/h7-8,13-17,28H,6,9-12H2,1-5H3,(H,32,33,35,36)/t28-/m1/s1. The summed E-state index contributed by atoms with van der Waals surface area (Å²) in [4.78, 5) is 34.3. The second-order valence-electron chi connectivity index (χ2n) is 10.4. The minimum absolute atomic E-state index is 0.0352. The number of nitrogens with one attached hydrogen (secondary N) is 1. The largest absolute Gasteiger partial charge is 0.326 e. The van der Waals surface area contributed by atoms with Crippen LogP contribution in [-0.4, -0.2) is 72.8 Å². The summed E-state index contributed by atoms with van der Waals surface area (Å²) in [5.41, 5.74) is 1.87. The zero-order valence-corrected chi connectivity index (χ0v) is 23.4. The van der Waals surface area contributed by atoms with Crippen LogP contribution in [0.1, 0.15) is 51.2 Å². The summed E-state index contributed by atoms with van der Waals surface area (Å²) in [5.74, 6) is 0.0795. The van der Waals surface area contributed by atoms with Gasteiger partial charge in [0, 0.05) is 44.0 Å². The summed E-state index contributed by atoms with van der Waals surface area (Å²) in [6, 6.07) is 6.23. The second kappa shape index (κ2) is 11.3. The van der Waals surface area contributed by atoms with Gasteiger partial charge < -0.3 is 14.8 Å². The Bertz CT molecular complexity index is 1530. The molecule has 40 heavy (non-hydrogen) atoms. The number of aryl methyl sites for hydroxylation is 1. The third-order valence-corrected chi connectivity index (χ3v) is 7.41. The predicted octanol–water partition coefficient (Wildman–Crippen LogP) is 5.07. The first kappa shape index (κ1) is 27.7. The number of fused-ring (bicyclic) bond motifs is 1. The van der Waals surface area contributed by atoms with E-state index in [2.05, 4.69) is 42.0 Å². The molecule has 1 N–H and O–H groups in total. The lowest BCUT2D eigenvalue weighted by atomic mass is 10.0. The van der Waals surface area contributed by atoms with E-state index in [1.165, 1.54) is 6.07 Å². The van der Waals surface area contributed by atoms with E-state index < -0.39 is 11.6 Å². The van der Waals surface area contributed by atoms with E-state index in [0.29, 0.717) is 17.2 Å². The maximum Gasteiger partial charge on any atom is 0.229 e. The number of rotatable bonds is 8. The lowest BCUT2D eigenvalue weighted by Crippen LogP contribution is -2.48. The SMILES string of the molecule is CCN1CCN([C@H](C(C)=O)c2ccc(Nc3ncc(F)c(-c4cc(F)c5nc(C)n(C(C)C)c5c4)n3)nc2)CC1. The Morgan fingerprint density at radius 2 is 1.77 bits per heavy atom. The first-order chi connectivity index (χ1) is 19.2. The lowest BCUT2D eigenvalue weighted by molar-refractivity contribution is -0.123. The fourth-order valence-corrected chi connectivity index (χ4v) is 5.48. The molecule has 0 spiro atoms. The molecule has 0 saturated carbocycles. The minimum atomic E-state index is -0.674. The van der Waals surface area contributed by atoms with Crippen molar-refractivity contribution in [2.45, 2.75) is 46.7 Å². The molecule has 0 bridgehead atoms. The first-order valence-electron chi connectivity index (χ1n) is 13.6. The Balaban J connectivity index is 1.39. The van der Waals surface area contributed by atoms with E-state index in [1.54, 1.807) is 25.3 Å². The quantitative estimate of drug-likeness (QED) is 0.327. The molecule has 1 aliphatic heterocycles.